The molecule has 2 fully saturated rings. The van der Waals surface area contributed by atoms with Crippen molar-refractivity contribution in [2.45, 2.75) is 25.3 Å². The minimum atomic E-state index is -0.298. The molecule has 2 N–H and O–H groups in total. The number of carbonyl (C=O) groups excluding carboxylic acids is 2. The van der Waals surface area contributed by atoms with Crippen LogP contribution in [-0.4, -0.2) is 55.6 Å². The average Bonchev–Trinajstić information content (AvgIpc) is 3.27. The van der Waals surface area contributed by atoms with E-state index in [-0.39, 0.29) is 30.2 Å². The Labute approximate surface area is 146 Å². The predicted octanol–water partition coefficient (Wildman–Crippen LogP) is 0.760. The molecule has 0 saturated carbocycles. The molecular weight excluding hydrogens is 322 g/mol. The first kappa shape index (κ1) is 16.2. The van der Waals surface area contributed by atoms with E-state index in [4.69, 9.17) is 15.2 Å². The van der Waals surface area contributed by atoms with E-state index in [0.29, 0.717) is 37.8 Å². The number of nitrogens with two attached hydrogens (primary N) is 1. The van der Waals surface area contributed by atoms with E-state index in [1.807, 2.05) is 23.1 Å². The number of carbonyl (C=O) groups is 2. The third-order valence-corrected chi connectivity index (χ3v) is 5.24. The van der Waals surface area contributed by atoms with E-state index in [0.717, 1.165) is 25.1 Å². The van der Waals surface area contributed by atoms with Crippen LogP contribution in [0.3, 0.4) is 0 Å². The predicted molar refractivity (Wildman–Crippen MR) is 91.7 cm³/mol. The molecular formula is C18H23N3O4. The summed E-state index contributed by atoms with van der Waals surface area (Å²) in [6.45, 7) is 2.67. The molecule has 0 aromatic heterocycles. The van der Waals surface area contributed by atoms with Crippen molar-refractivity contribution in [2.24, 2.45) is 11.7 Å². The number of anilines is 1. The van der Waals surface area contributed by atoms with Crippen LogP contribution < -0.4 is 20.1 Å². The summed E-state index contributed by atoms with van der Waals surface area (Å²) in [4.78, 5) is 28.8. The van der Waals surface area contributed by atoms with E-state index in [1.165, 1.54) is 0 Å². The fraction of sp³-hybridized carbons (Fsp3) is 0.556. The molecule has 2 atom stereocenters. The Morgan fingerprint density at radius 1 is 1.24 bits per heavy atom. The quantitative estimate of drug-likeness (QED) is 0.874. The third-order valence-electron chi connectivity index (χ3n) is 5.24. The minimum Gasteiger partial charge on any atom is -0.486 e. The second kappa shape index (κ2) is 6.55. The maximum atomic E-state index is 12.8. The van der Waals surface area contributed by atoms with Crippen LogP contribution in [-0.2, 0) is 9.59 Å². The van der Waals surface area contributed by atoms with Crippen molar-refractivity contribution in [3.8, 4) is 11.5 Å². The van der Waals surface area contributed by atoms with Gasteiger partial charge in [0.05, 0.1) is 5.92 Å². The molecule has 3 aliphatic heterocycles. The van der Waals surface area contributed by atoms with E-state index in [9.17, 15) is 9.59 Å². The number of hydrogen-bond acceptors (Lipinski definition) is 5. The first-order valence-electron chi connectivity index (χ1n) is 8.88. The molecule has 0 bridgehead atoms. The summed E-state index contributed by atoms with van der Waals surface area (Å²) in [5.74, 6) is 1.07. The van der Waals surface area contributed by atoms with Crippen molar-refractivity contribution in [1.29, 1.82) is 0 Å². The zero-order chi connectivity index (χ0) is 17.4. The van der Waals surface area contributed by atoms with Crippen molar-refractivity contribution in [2.75, 3.05) is 37.7 Å². The zero-order valence-electron chi connectivity index (χ0n) is 14.1. The maximum absolute atomic E-state index is 12.8. The van der Waals surface area contributed by atoms with Gasteiger partial charge in [0.25, 0.3) is 0 Å². The topological polar surface area (TPSA) is 85.1 Å². The summed E-state index contributed by atoms with van der Waals surface area (Å²) in [5, 5.41) is 0. The molecule has 0 spiro atoms. The second-order valence-electron chi connectivity index (χ2n) is 6.80. The number of fused-ring (bicyclic) bond motifs is 1. The molecule has 7 nitrogen and oxygen atoms in total. The van der Waals surface area contributed by atoms with Gasteiger partial charge in [-0.15, -0.1) is 0 Å². The molecule has 2 saturated heterocycles. The van der Waals surface area contributed by atoms with Crippen LogP contribution >= 0.6 is 0 Å². The highest BCUT2D eigenvalue weighted by Crippen LogP contribution is 2.36. The number of nitrogens with zero attached hydrogens (tertiary/aromatic N) is 2. The Hall–Kier alpha value is -2.28. The van der Waals surface area contributed by atoms with Gasteiger partial charge >= 0.3 is 0 Å². The van der Waals surface area contributed by atoms with Crippen molar-refractivity contribution in [3.63, 3.8) is 0 Å². The van der Waals surface area contributed by atoms with Gasteiger partial charge in [-0.05, 0) is 25.0 Å². The average molecular weight is 345 g/mol. The number of amides is 2. The van der Waals surface area contributed by atoms with Crippen LogP contribution in [0, 0.1) is 5.92 Å². The van der Waals surface area contributed by atoms with Gasteiger partial charge in [-0.25, -0.2) is 0 Å². The Morgan fingerprint density at radius 2 is 2.04 bits per heavy atom. The highest BCUT2D eigenvalue weighted by Gasteiger charge is 2.40. The molecule has 4 rings (SSSR count). The van der Waals surface area contributed by atoms with E-state index < -0.39 is 0 Å². The summed E-state index contributed by atoms with van der Waals surface area (Å²) >= 11 is 0. The lowest BCUT2D eigenvalue weighted by atomic mass is 10.1. The molecule has 1 aromatic carbocycles. The van der Waals surface area contributed by atoms with Crippen molar-refractivity contribution >= 4 is 17.5 Å². The third kappa shape index (κ3) is 2.93. The van der Waals surface area contributed by atoms with Gasteiger partial charge in [0.1, 0.15) is 13.2 Å². The number of hydrogen-bond donors (Lipinski definition) is 1. The van der Waals surface area contributed by atoms with Crippen LogP contribution in [0.1, 0.15) is 19.3 Å². The van der Waals surface area contributed by atoms with Crippen molar-refractivity contribution in [1.82, 2.24) is 4.90 Å². The van der Waals surface area contributed by atoms with Crippen LogP contribution in [0.25, 0.3) is 0 Å². The fourth-order valence-corrected chi connectivity index (χ4v) is 3.93. The first-order valence-corrected chi connectivity index (χ1v) is 8.88. The molecule has 0 radical (unpaired) electrons. The first-order chi connectivity index (χ1) is 12.2. The Bertz CT molecular complexity index is 693. The number of rotatable bonds is 3. The molecule has 134 valence electrons. The monoisotopic (exact) mass is 345 g/mol. The molecule has 2 unspecified atom stereocenters. The fourth-order valence-electron chi connectivity index (χ4n) is 3.93. The summed E-state index contributed by atoms with van der Waals surface area (Å²) in [7, 11) is 0. The molecule has 0 aliphatic carbocycles. The van der Waals surface area contributed by atoms with Crippen LogP contribution in [0.4, 0.5) is 5.69 Å². The lowest BCUT2D eigenvalue weighted by Gasteiger charge is -2.26. The maximum Gasteiger partial charge on any atom is 0.228 e. The normalized spacial score (nSPS) is 25.6. The Kier molecular flexibility index (Phi) is 4.25. The molecule has 3 heterocycles. The van der Waals surface area contributed by atoms with Gasteiger partial charge in [0.2, 0.25) is 11.8 Å². The Balaban J connectivity index is 1.49. The SMILES string of the molecule is NCC1CCCN1C(=O)C1CC(=O)N(c2ccc3c(c2)OCCO3)C1. The van der Waals surface area contributed by atoms with Gasteiger partial charge in [-0.2, -0.15) is 0 Å². The standard InChI is InChI=1S/C18H23N3O4/c19-10-14-2-1-5-20(14)18(23)12-8-17(22)21(11-12)13-3-4-15-16(9-13)25-7-6-24-15/h3-4,9,12,14H,1-2,5-8,10-11,19H2. The summed E-state index contributed by atoms with van der Waals surface area (Å²) < 4.78 is 11.1. The minimum absolute atomic E-state index is 0.0291. The molecule has 1 aromatic rings. The van der Waals surface area contributed by atoms with Crippen molar-refractivity contribution < 1.29 is 19.1 Å². The van der Waals surface area contributed by atoms with Gasteiger partial charge in [0, 0.05) is 43.9 Å². The van der Waals surface area contributed by atoms with Gasteiger partial charge < -0.3 is 25.0 Å². The van der Waals surface area contributed by atoms with Gasteiger partial charge in [-0.1, -0.05) is 0 Å². The number of ether oxygens (including phenoxy) is 2. The highest BCUT2D eigenvalue weighted by atomic mass is 16.6. The lowest BCUT2D eigenvalue weighted by molar-refractivity contribution is -0.136. The molecule has 7 heteroatoms. The van der Waals surface area contributed by atoms with Crippen LogP contribution in [0.2, 0.25) is 0 Å². The number of benzene rings is 1. The van der Waals surface area contributed by atoms with Gasteiger partial charge in [-0.3, -0.25) is 9.59 Å². The smallest absolute Gasteiger partial charge is 0.228 e. The van der Waals surface area contributed by atoms with Crippen LogP contribution in [0.15, 0.2) is 18.2 Å². The second-order valence-corrected chi connectivity index (χ2v) is 6.80. The molecule has 2 amide bonds. The molecule has 25 heavy (non-hydrogen) atoms. The summed E-state index contributed by atoms with van der Waals surface area (Å²) in [6, 6.07) is 5.59. The molecule has 3 aliphatic rings. The number of likely N-dealkylation sites (tertiary alicyclic amines) is 1. The van der Waals surface area contributed by atoms with E-state index >= 15 is 0 Å². The van der Waals surface area contributed by atoms with Crippen molar-refractivity contribution in [3.05, 3.63) is 18.2 Å². The Morgan fingerprint density at radius 3 is 2.84 bits per heavy atom. The lowest BCUT2D eigenvalue weighted by Crippen LogP contribution is -2.43. The van der Waals surface area contributed by atoms with E-state index in [2.05, 4.69) is 0 Å². The highest BCUT2D eigenvalue weighted by molar-refractivity contribution is 6.00. The summed E-state index contributed by atoms with van der Waals surface area (Å²) in [6.07, 6.45) is 2.19. The van der Waals surface area contributed by atoms with Crippen LogP contribution in [0.5, 0.6) is 11.5 Å². The van der Waals surface area contributed by atoms with Gasteiger partial charge in [0.15, 0.2) is 11.5 Å². The zero-order valence-corrected chi connectivity index (χ0v) is 14.1. The largest absolute Gasteiger partial charge is 0.486 e. The van der Waals surface area contributed by atoms with E-state index in [1.54, 1.807) is 4.90 Å². The summed E-state index contributed by atoms with van der Waals surface area (Å²) in [5.41, 5.74) is 6.53.